The summed E-state index contributed by atoms with van der Waals surface area (Å²) in [5.74, 6) is -8.91. The van der Waals surface area contributed by atoms with Crippen molar-refractivity contribution in [3.8, 4) is 0 Å². The quantitative estimate of drug-likeness (QED) is 0.233. The zero-order chi connectivity index (χ0) is 28.2. The molecule has 0 spiro atoms. The van der Waals surface area contributed by atoms with Gasteiger partial charge in [0.1, 0.15) is 11.7 Å². The molecule has 0 saturated heterocycles. The van der Waals surface area contributed by atoms with Gasteiger partial charge in [-0.3, -0.25) is 9.59 Å². The molecule has 0 bridgehead atoms. The summed E-state index contributed by atoms with van der Waals surface area (Å²) >= 11 is 0. The molecule has 11 heteroatoms. The van der Waals surface area contributed by atoms with Crippen LogP contribution in [0.5, 0.6) is 0 Å². The summed E-state index contributed by atoms with van der Waals surface area (Å²) in [6, 6.07) is 22.9. The fraction of sp³-hybridized carbons (Fsp3) is 0.103. The smallest absolute Gasteiger partial charge is 0.269 e. The Bertz CT molecular complexity index is 1570. The standard InChI is InChI=1S/C29H21F4N5O2/c30-21-24(22(31)26(33)37-25(21)32)34-20(15-16-9-3-1-4-10-16)28(39)38-27-29(40)35-19-14-8-7-13-18(19)23(36-27)17-11-5-2-6-12-17/h1-14,20,27H,15H2,(H,34,37)(H,35,40)(H,38,39)/t20-,27?/m0/s1. The van der Waals surface area contributed by atoms with Crippen molar-refractivity contribution in [1.82, 2.24) is 10.3 Å². The Balaban J connectivity index is 1.50. The van der Waals surface area contributed by atoms with E-state index < -0.39 is 53.2 Å². The van der Waals surface area contributed by atoms with E-state index in [-0.39, 0.29) is 6.42 Å². The number of anilines is 2. The van der Waals surface area contributed by atoms with Gasteiger partial charge < -0.3 is 16.0 Å². The number of para-hydroxylation sites is 1. The largest absolute Gasteiger partial charge is 0.368 e. The van der Waals surface area contributed by atoms with Gasteiger partial charge >= 0.3 is 0 Å². The van der Waals surface area contributed by atoms with Gasteiger partial charge in [-0.2, -0.15) is 22.5 Å². The minimum absolute atomic E-state index is 0.152. The van der Waals surface area contributed by atoms with Gasteiger partial charge in [-0.15, -0.1) is 0 Å². The number of rotatable bonds is 7. The van der Waals surface area contributed by atoms with Crippen molar-refractivity contribution in [2.24, 2.45) is 4.99 Å². The van der Waals surface area contributed by atoms with Crippen molar-refractivity contribution in [3.63, 3.8) is 0 Å². The van der Waals surface area contributed by atoms with E-state index in [1.54, 1.807) is 78.9 Å². The van der Waals surface area contributed by atoms with Gasteiger partial charge in [0.2, 0.25) is 23.7 Å². The highest BCUT2D eigenvalue weighted by Gasteiger charge is 2.31. The van der Waals surface area contributed by atoms with E-state index in [1.165, 1.54) is 0 Å². The van der Waals surface area contributed by atoms with Gasteiger partial charge in [0.15, 0.2) is 0 Å². The number of pyridine rings is 1. The lowest BCUT2D eigenvalue weighted by Gasteiger charge is -2.22. The predicted octanol–water partition coefficient (Wildman–Crippen LogP) is 4.59. The van der Waals surface area contributed by atoms with E-state index in [1.807, 2.05) is 6.07 Å². The van der Waals surface area contributed by atoms with Crippen molar-refractivity contribution in [2.75, 3.05) is 10.6 Å². The number of hydrogen-bond donors (Lipinski definition) is 3. The molecule has 202 valence electrons. The molecule has 0 saturated carbocycles. The maximum absolute atomic E-state index is 14.4. The monoisotopic (exact) mass is 547 g/mol. The Hall–Kier alpha value is -5.06. The van der Waals surface area contributed by atoms with Crippen LogP contribution in [-0.4, -0.2) is 34.7 Å². The summed E-state index contributed by atoms with van der Waals surface area (Å²) in [6.45, 7) is 0. The summed E-state index contributed by atoms with van der Waals surface area (Å²) in [5.41, 5.74) is 1.55. The fourth-order valence-corrected chi connectivity index (χ4v) is 4.26. The molecule has 7 nitrogen and oxygen atoms in total. The van der Waals surface area contributed by atoms with Crippen molar-refractivity contribution in [2.45, 2.75) is 18.6 Å². The number of benzene rings is 3. The molecule has 2 amide bonds. The zero-order valence-electron chi connectivity index (χ0n) is 20.7. The Morgan fingerprint density at radius 1 is 0.850 bits per heavy atom. The van der Waals surface area contributed by atoms with Crippen LogP contribution in [0.3, 0.4) is 0 Å². The van der Waals surface area contributed by atoms with E-state index in [2.05, 4.69) is 25.9 Å². The molecule has 2 heterocycles. The number of nitrogens with one attached hydrogen (secondary N) is 3. The first-order valence-corrected chi connectivity index (χ1v) is 12.2. The summed E-state index contributed by atoms with van der Waals surface area (Å²) in [7, 11) is 0. The van der Waals surface area contributed by atoms with Crippen molar-refractivity contribution in [3.05, 3.63) is 125 Å². The molecule has 40 heavy (non-hydrogen) atoms. The Kier molecular flexibility index (Phi) is 7.54. The molecular weight excluding hydrogens is 526 g/mol. The third-order valence-electron chi connectivity index (χ3n) is 6.19. The summed E-state index contributed by atoms with van der Waals surface area (Å²) in [6.07, 6.45) is -1.60. The lowest BCUT2D eigenvalue weighted by Crippen LogP contribution is -2.49. The van der Waals surface area contributed by atoms with E-state index in [0.29, 0.717) is 28.1 Å². The highest BCUT2D eigenvalue weighted by Crippen LogP contribution is 2.25. The number of benzodiazepines with no additional fused rings is 1. The molecule has 1 aliphatic heterocycles. The van der Waals surface area contributed by atoms with Crippen LogP contribution < -0.4 is 16.0 Å². The number of halogens is 4. The number of amides is 2. The van der Waals surface area contributed by atoms with Gasteiger partial charge in [-0.1, -0.05) is 78.9 Å². The third-order valence-corrected chi connectivity index (χ3v) is 6.19. The van der Waals surface area contributed by atoms with E-state index >= 15 is 0 Å². The minimum atomic E-state index is -1.88. The number of aliphatic imine (C=N–C) groups is 1. The summed E-state index contributed by atoms with van der Waals surface area (Å²) in [4.78, 5) is 33.7. The Morgan fingerprint density at radius 2 is 1.45 bits per heavy atom. The topological polar surface area (TPSA) is 95.5 Å². The van der Waals surface area contributed by atoms with Crippen LogP contribution >= 0.6 is 0 Å². The van der Waals surface area contributed by atoms with Gasteiger partial charge in [0, 0.05) is 17.5 Å². The Morgan fingerprint density at radius 3 is 2.12 bits per heavy atom. The Labute approximate surface area is 226 Å². The second kappa shape index (κ2) is 11.4. The normalized spacial score (nSPS) is 15.2. The zero-order valence-corrected chi connectivity index (χ0v) is 20.7. The van der Waals surface area contributed by atoms with Crippen molar-refractivity contribution >= 4 is 28.9 Å². The first kappa shape index (κ1) is 26.5. The highest BCUT2D eigenvalue weighted by atomic mass is 19.2. The molecule has 0 aliphatic carbocycles. The highest BCUT2D eigenvalue weighted by molar-refractivity contribution is 6.19. The van der Waals surface area contributed by atoms with Crippen LogP contribution in [0.1, 0.15) is 16.7 Å². The maximum Gasteiger partial charge on any atom is 0.269 e. The molecule has 4 aromatic rings. The predicted molar refractivity (Wildman–Crippen MR) is 141 cm³/mol. The van der Waals surface area contributed by atoms with Crippen LogP contribution in [0.15, 0.2) is 89.9 Å². The first-order valence-electron chi connectivity index (χ1n) is 12.2. The van der Waals surface area contributed by atoms with Gasteiger partial charge in [0.05, 0.1) is 11.4 Å². The van der Waals surface area contributed by atoms with E-state index in [9.17, 15) is 27.2 Å². The van der Waals surface area contributed by atoms with E-state index in [0.717, 1.165) is 0 Å². The van der Waals surface area contributed by atoms with Crippen molar-refractivity contribution < 1.29 is 27.2 Å². The molecular formula is C29H21F4N5O2. The average Bonchev–Trinajstić information content (AvgIpc) is 3.10. The number of hydrogen-bond acceptors (Lipinski definition) is 5. The first-order chi connectivity index (χ1) is 19.3. The molecule has 2 atom stereocenters. The lowest BCUT2D eigenvalue weighted by atomic mass is 10.0. The fourth-order valence-electron chi connectivity index (χ4n) is 4.26. The molecule has 5 rings (SSSR count). The second-order valence-electron chi connectivity index (χ2n) is 8.87. The molecule has 0 fully saturated rings. The molecule has 1 unspecified atom stereocenters. The second-order valence-corrected chi connectivity index (χ2v) is 8.87. The summed E-state index contributed by atoms with van der Waals surface area (Å²) < 4.78 is 56.5. The molecule has 3 N–H and O–H groups in total. The van der Waals surface area contributed by atoms with Crippen LogP contribution in [0.2, 0.25) is 0 Å². The number of aromatic nitrogens is 1. The van der Waals surface area contributed by atoms with Crippen LogP contribution in [0, 0.1) is 23.5 Å². The SMILES string of the molecule is O=C1Nc2ccccc2C(c2ccccc2)=NC1NC(=O)[C@H](Cc1ccccc1)Nc1c(F)c(F)nc(F)c1F. The van der Waals surface area contributed by atoms with E-state index in [4.69, 9.17) is 0 Å². The molecule has 0 radical (unpaired) electrons. The minimum Gasteiger partial charge on any atom is -0.368 e. The molecule has 1 aliphatic rings. The number of fused-ring (bicyclic) bond motifs is 1. The van der Waals surface area contributed by atoms with Gasteiger partial charge in [-0.25, -0.2) is 4.99 Å². The third kappa shape index (κ3) is 5.53. The van der Waals surface area contributed by atoms with Crippen LogP contribution in [0.25, 0.3) is 0 Å². The molecule has 1 aromatic heterocycles. The van der Waals surface area contributed by atoms with Gasteiger partial charge in [-0.05, 0) is 11.6 Å². The number of carbonyl (C=O) groups is 2. The van der Waals surface area contributed by atoms with Crippen LogP contribution in [-0.2, 0) is 16.0 Å². The van der Waals surface area contributed by atoms with Gasteiger partial charge in [0.25, 0.3) is 17.8 Å². The number of nitrogens with zero attached hydrogens (tertiary/aromatic N) is 2. The number of carbonyl (C=O) groups excluding carboxylic acids is 2. The van der Waals surface area contributed by atoms with Crippen LogP contribution in [0.4, 0.5) is 28.9 Å². The van der Waals surface area contributed by atoms with Crippen molar-refractivity contribution in [1.29, 1.82) is 0 Å². The maximum atomic E-state index is 14.4. The molecule has 3 aromatic carbocycles. The average molecular weight is 548 g/mol. The summed E-state index contributed by atoms with van der Waals surface area (Å²) in [5, 5.41) is 7.50. The lowest BCUT2D eigenvalue weighted by molar-refractivity contribution is -0.126.